The third kappa shape index (κ3) is 5.09. The minimum Gasteiger partial charge on any atom is -0.480 e. The molecule has 0 bridgehead atoms. The molecule has 19 heavy (non-hydrogen) atoms. The summed E-state index contributed by atoms with van der Waals surface area (Å²) in [5.74, 6) is -1.27. The van der Waals surface area contributed by atoms with E-state index in [0.29, 0.717) is 12.1 Å². The second-order valence-corrected chi connectivity index (χ2v) is 4.92. The Morgan fingerprint density at radius 2 is 2.21 bits per heavy atom. The number of nitrogens with one attached hydrogen (secondary N) is 2. The van der Waals surface area contributed by atoms with E-state index in [1.807, 2.05) is 13.8 Å². The van der Waals surface area contributed by atoms with Gasteiger partial charge < -0.3 is 21.1 Å². The monoisotopic (exact) mass is 268 g/mol. The van der Waals surface area contributed by atoms with E-state index in [9.17, 15) is 9.59 Å². The van der Waals surface area contributed by atoms with Crippen LogP contribution in [-0.4, -0.2) is 39.0 Å². The molecule has 7 heteroatoms. The molecular formula is C12H20N4O3. The van der Waals surface area contributed by atoms with Crippen molar-refractivity contribution in [3.05, 3.63) is 18.2 Å². The highest BCUT2D eigenvalue weighted by molar-refractivity contribution is 5.86. The lowest BCUT2D eigenvalue weighted by Crippen LogP contribution is -2.49. The molecular weight excluding hydrogens is 248 g/mol. The van der Waals surface area contributed by atoms with Gasteiger partial charge in [-0.05, 0) is 12.3 Å². The third-order valence-electron chi connectivity index (χ3n) is 2.66. The van der Waals surface area contributed by atoms with E-state index in [1.165, 1.54) is 12.5 Å². The number of hydrogen-bond donors (Lipinski definition) is 4. The smallest absolute Gasteiger partial charge is 0.326 e. The van der Waals surface area contributed by atoms with Crippen LogP contribution < -0.4 is 11.1 Å². The third-order valence-corrected chi connectivity index (χ3v) is 2.66. The average molecular weight is 268 g/mol. The van der Waals surface area contributed by atoms with E-state index in [1.54, 1.807) is 0 Å². The van der Waals surface area contributed by atoms with Gasteiger partial charge in [-0.3, -0.25) is 4.79 Å². The fourth-order valence-corrected chi connectivity index (χ4v) is 1.71. The minimum atomic E-state index is -1.10. The van der Waals surface area contributed by atoms with Gasteiger partial charge in [-0.15, -0.1) is 0 Å². The van der Waals surface area contributed by atoms with E-state index < -0.39 is 24.0 Å². The van der Waals surface area contributed by atoms with E-state index in [2.05, 4.69) is 15.3 Å². The molecule has 1 amide bonds. The van der Waals surface area contributed by atoms with Gasteiger partial charge in [0.15, 0.2) is 0 Å². The number of nitrogens with zero attached hydrogens (tertiary/aromatic N) is 1. The standard InChI is InChI=1S/C12H20N4O3/c1-7(2)3-9(13)11(17)16-10(12(18)19)4-8-5-14-6-15-8/h5-7,9-10H,3-4,13H2,1-2H3,(H,14,15)(H,16,17)(H,18,19)/t9?,10-/m1/s1. The van der Waals surface area contributed by atoms with Crippen LogP contribution in [0.1, 0.15) is 26.0 Å². The number of H-pyrrole nitrogens is 1. The Kier molecular flexibility index (Phi) is 5.50. The summed E-state index contributed by atoms with van der Waals surface area (Å²) in [5, 5.41) is 11.5. The molecule has 1 aromatic rings. The zero-order valence-electron chi connectivity index (χ0n) is 11.1. The lowest BCUT2D eigenvalue weighted by atomic mass is 10.0. The molecule has 1 aromatic heterocycles. The summed E-state index contributed by atoms with van der Waals surface area (Å²) in [6.07, 6.45) is 3.65. The number of carboxylic acids is 1. The fourth-order valence-electron chi connectivity index (χ4n) is 1.71. The normalized spacial score (nSPS) is 14.1. The Labute approximate surface area is 111 Å². The van der Waals surface area contributed by atoms with Crippen LogP contribution in [0.4, 0.5) is 0 Å². The topological polar surface area (TPSA) is 121 Å². The number of aromatic amines is 1. The average Bonchev–Trinajstić information content (AvgIpc) is 2.79. The van der Waals surface area contributed by atoms with Gasteiger partial charge in [-0.2, -0.15) is 0 Å². The molecule has 1 unspecified atom stereocenters. The van der Waals surface area contributed by atoms with Crippen molar-refractivity contribution in [2.45, 2.75) is 38.8 Å². The minimum absolute atomic E-state index is 0.148. The first kappa shape index (κ1) is 15.2. The lowest BCUT2D eigenvalue weighted by Gasteiger charge is -2.18. The van der Waals surface area contributed by atoms with Gasteiger partial charge in [0, 0.05) is 18.3 Å². The Morgan fingerprint density at radius 3 is 2.68 bits per heavy atom. The molecule has 1 rings (SSSR count). The number of carboxylic acid groups (broad SMARTS) is 1. The van der Waals surface area contributed by atoms with Crippen molar-refractivity contribution in [3.8, 4) is 0 Å². The van der Waals surface area contributed by atoms with Gasteiger partial charge in [0.1, 0.15) is 6.04 Å². The van der Waals surface area contributed by atoms with Crippen LogP contribution in [0, 0.1) is 5.92 Å². The Balaban J connectivity index is 2.58. The molecule has 106 valence electrons. The summed E-state index contributed by atoms with van der Waals surface area (Å²) in [7, 11) is 0. The highest BCUT2D eigenvalue weighted by Gasteiger charge is 2.24. The molecule has 0 fully saturated rings. The molecule has 0 aliphatic carbocycles. The van der Waals surface area contributed by atoms with Gasteiger partial charge in [-0.25, -0.2) is 9.78 Å². The first-order chi connectivity index (χ1) is 8.90. The fraction of sp³-hybridized carbons (Fsp3) is 0.583. The maximum absolute atomic E-state index is 11.8. The molecule has 0 aliphatic rings. The second-order valence-electron chi connectivity index (χ2n) is 4.92. The van der Waals surface area contributed by atoms with Gasteiger partial charge in [0.05, 0.1) is 12.4 Å². The predicted octanol–water partition coefficient (Wildman–Crippen LogP) is -0.105. The summed E-state index contributed by atoms with van der Waals surface area (Å²) < 4.78 is 0. The predicted molar refractivity (Wildman–Crippen MR) is 69.3 cm³/mol. The Morgan fingerprint density at radius 1 is 1.53 bits per heavy atom. The van der Waals surface area contributed by atoms with Crippen LogP contribution >= 0.6 is 0 Å². The van der Waals surface area contributed by atoms with E-state index in [0.717, 1.165) is 0 Å². The number of carbonyl (C=O) groups is 2. The Hall–Kier alpha value is -1.89. The van der Waals surface area contributed by atoms with Crippen LogP contribution in [0.15, 0.2) is 12.5 Å². The summed E-state index contributed by atoms with van der Waals surface area (Å²) in [5.41, 5.74) is 6.36. The summed E-state index contributed by atoms with van der Waals surface area (Å²) in [4.78, 5) is 29.5. The van der Waals surface area contributed by atoms with Gasteiger partial charge in [-0.1, -0.05) is 13.8 Å². The number of aliphatic carboxylic acids is 1. The Bertz CT molecular complexity index is 417. The van der Waals surface area contributed by atoms with E-state index >= 15 is 0 Å². The van der Waals surface area contributed by atoms with Crippen LogP contribution in [0.3, 0.4) is 0 Å². The molecule has 1 heterocycles. The number of amides is 1. The summed E-state index contributed by atoms with van der Waals surface area (Å²) in [6, 6.07) is -1.70. The maximum Gasteiger partial charge on any atom is 0.326 e. The quantitative estimate of drug-likeness (QED) is 0.550. The van der Waals surface area contributed by atoms with Crippen molar-refractivity contribution in [1.82, 2.24) is 15.3 Å². The first-order valence-corrected chi connectivity index (χ1v) is 6.16. The lowest BCUT2D eigenvalue weighted by molar-refractivity contribution is -0.142. The molecule has 7 nitrogen and oxygen atoms in total. The van der Waals surface area contributed by atoms with E-state index in [4.69, 9.17) is 10.8 Å². The van der Waals surface area contributed by atoms with Crippen molar-refractivity contribution < 1.29 is 14.7 Å². The highest BCUT2D eigenvalue weighted by Crippen LogP contribution is 2.04. The van der Waals surface area contributed by atoms with E-state index in [-0.39, 0.29) is 12.3 Å². The van der Waals surface area contributed by atoms with Crippen LogP contribution in [0.25, 0.3) is 0 Å². The van der Waals surface area contributed by atoms with Gasteiger partial charge >= 0.3 is 5.97 Å². The maximum atomic E-state index is 11.8. The zero-order valence-corrected chi connectivity index (χ0v) is 11.1. The van der Waals surface area contributed by atoms with Gasteiger partial charge in [0.25, 0.3) is 0 Å². The zero-order chi connectivity index (χ0) is 14.4. The molecule has 0 aromatic carbocycles. The summed E-state index contributed by atoms with van der Waals surface area (Å²) >= 11 is 0. The second kappa shape index (κ2) is 6.89. The van der Waals surface area contributed by atoms with Crippen molar-refractivity contribution >= 4 is 11.9 Å². The van der Waals surface area contributed by atoms with Crippen LogP contribution in [-0.2, 0) is 16.0 Å². The largest absolute Gasteiger partial charge is 0.480 e. The van der Waals surface area contributed by atoms with Crippen molar-refractivity contribution in [3.63, 3.8) is 0 Å². The molecule has 2 atom stereocenters. The summed E-state index contributed by atoms with van der Waals surface area (Å²) in [6.45, 7) is 3.90. The first-order valence-electron chi connectivity index (χ1n) is 6.16. The van der Waals surface area contributed by atoms with Crippen molar-refractivity contribution in [2.24, 2.45) is 11.7 Å². The molecule has 0 aliphatic heterocycles. The number of carbonyl (C=O) groups excluding carboxylic acids is 1. The van der Waals surface area contributed by atoms with Gasteiger partial charge in [0.2, 0.25) is 5.91 Å². The molecule has 0 saturated heterocycles. The number of nitrogens with two attached hydrogens (primary N) is 1. The highest BCUT2D eigenvalue weighted by atomic mass is 16.4. The number of hydrogen-bond acceptors (Lipinski definition) is 4. The van der Waals surface area contributed by atoms with Crippen molar-refractivity contribution in [2.75, 3.05) is 0 Å². The number of imidazole rings is 1. The molecule has 0 saturated carbocycles. The number of rotatable bonds is 7. The molecule has 0 radical (unpaired) electrons. The molecule has 0 spiro atoms. The van der Waals surface area contributed by atoms with Crippen LogP contribution in [0.5, 0.6) is 0 Å². The SMILES string of the molecule is CC(C)CC(N)C(=O)N[C@H](Cc1cnc[nH]1)C(=O)O. The van der Waals surface area contributed by atoms with Crippen LogP contribution in [0.2, 0.25) is 0 Å². The van der Waals surface area contributed by atoms with Crippen molar-refractivity contribution in [1.29, 1.82) is 0 Å². The number of aromatic nitrogens is 2. The molecule has 5 N–H and O–H groups in total.